The number of carbonyl (C=O) groups excluding carboxylic acids is 1. The quantitative estimate of drug-likeness (QED) is 0.683. The monoisotopic (exact) mass is 391 g/mol. The fraction of sp³-hybridized carbons (Fsp3) is 0.286. The molecule has 1 aliphatic rings. The van der Waals surface area contributed by atoms with Crippen molar-refractivity contribution in [2.24, 2.45) is 0 Å². The predicted octanol–water partition coefficient (Wildman–Crippen LogP) is 1.67. The molecule has 0 radical (unpaired) electrons. The number of anilines is 1. The number of nitrogen functional groups attached to an aromatic ring is 1. The van der Waals surface area contributed by atoms with Gasteiger partial charge in [-0.2, -0.15) is 0 Å². The first-order valence-electron chi connectivity index (χ1n) is 9.13. The lowest BCUT2D eigenvalue weighted by Gasteiger charge is -2.37. The molecule has 0 unspecified atom stereocenters. The van der Waals surface area contributed by atoms with Gasteiger partial charge >= 0.3 is 0 Å². The summed E-state index contributed by atoms with van der Waals surface area (Å²) < 4.78 is 12.5. The Hall–Kier alpha value is -3.73. The molecule has 1 aliphatic heterocycles. The summed E-state index contributed by atoms with van der Waals surface area (Å²) >= 11 is 0. The molecular weight excluding hydrogens is 370 g/mol. The lowest BCUT2D eigenvalue weighted by molar-refractivity contribution is -0.133. The van der Waals surface area contributed by atoms with E-state index in [9.17, 15) is 4.79 Å². The molecule has 0 spiro atoms. The Bertz CT molecular complexity index is 1130. The highest BCUT2D eigenvalue weighted by molar-refractivity contribution is 5.75. The Morgan fingerprint density at radius 3 is 2.48 bits per heavy atom. The first-order chi connectivity index (χ1) is 14.0. The number of fused-ring (bicyclic) bond motifs is 1. The number of benzene rings is 1. The van der Waals surface area contributed by atoms with E-state index in [2.05, 4.69) is 16.8 Å². The Kier molecular flexibility index (Phi) is 4.72. The standard InChI is InChI=1S/C21H21N5O3/c1-13(27)25-11-15(12-25)21-24-18(19-20(22)23-6-7-26(19)21)5-4-14-8-16(28-2)10-17(9-14)29-3/h6-10,15H,11-12H2,1-3H3,(H2,22,23). The van der Waals surface area contributed by atoms with Crippen LogP contribution in [-0.4, -0.2) is 52.5 Å². The molecule has 8 heteroatoms. The summed E-state index contributed by atoms with van der Waals surface area (Å²) in [5.74, 6) is 8.94. The van der Waals surface area contributed by atoms with E-state index in [4.69, 9.17) is 20.2 Å². The fourth-order valence-electron chi connectivity index (χ4n) is 3.37. The first kappa shape index (κ1) is 18.6. The molecule has 0 bridgehead atoms. The summed E-state index contributed by atoms with van der Waals surface area (Å²) in [5.41, 5.74) is 8.08. The van der Waals surface area contributed by atoms with Gasteiger partial charge in [0, 0.05) is 44.0 Å². The first-order valence-corrected chi connectivity index (χ1v) is 9.13. The summed E-state index contributed by atoms with van der Waals surface area (Å²) in [5, 5.41) is 0. The minimum Gasteiger partial charge on any atom is -0.497 e. The van der Waals surface area contributed by atoms with Gasteiger partial charge in [0.15, 0.2) is 5.82 Å². The van der Waals surface area contributed by atoms with Crippen molar-refractivity contribution in [1.29, 1.82) is 0 Å². The van der Waals surface area contributed by atoms with Crippen LogP contribution in [0.5, 0.6) is 11.5 Å². The number of hydrogen-bond donors (Lipinski definition) is 1. The summed E-state index contributed by atoms with van der Waals surface area (Å²) in [6.45, 7) is 2.84. The SMILES string of the molecule is COc1cc(C#Cc2nc(C3CN(C(C)=O)C3)n3ccnc(N)c23)cc(OC)c1. The van der Waals surface area contributed by atoms with Crippen LogP contribution in [0.2, 0.25) is 0 Å². The van der Waals surface area contributed by atoms with E-state index in [-0.39, 0.29) is 11.8 Å². The van der Waals surface area contributed by atoms with Gasteiger partial charge in [0.1, 0.15) is 28.5 Å². The molecule has 0 aliphatic carbocycles. The number of ether oxygens (including phenoxy) is 2. The number of carbonyl (C=O) groups is 1. The smallest absolute Gasteiger partial charge is 0.219 e. The normalized spacial score (nSPS) is 13.6. The Morgan fingerprint density at radius 1 is 1.17 bits per heavy atom. The molecule has 29 heavy (non-hydrogen) atoms. The van der Waals surface area contributed by atoms with Gasteiger partial charge in [0.2, 0.25) is 5.91 Å². The summed E-state index contributed by atoms with van der Waals surface area (Å²) in [7, 11) is 3.19. The molecule has 1 amide bonds. The number of imidazole rings is 1. The minimum absolute atomic E-state index is 0.0651. The van der Waals surface area contributed by atoms with Gasteiger partial charge in [-0.3, -0.25) is 9.20 Å². The number of rotatable bonds is 3. The van der Waals surface area contributed by atoms with Crippen LogP contribution < -0.4 is 15.2 Å². The largest absolute Gasteiger partial charge is 0.497 e. The van der Waals surface area contributed by atoms with Crippen LogP contribution in [0.3, 0.4) is 0 Å². The third-order valence-corrected chi connectivity index (χ3v) is 4.98. The van der Waals surface area contributed by atoms with Crippen LogP contribution in [-0.2, 0) is 4.79 Å². The van der Waals surface area contributed by atoms with Crippen molar-refractivity contribution in [3.05, 3.63) is 47.7 Å². The molecule has 1 aromatic carbocycles. The molecule has 2 N–H and O–H groups in total. The molecule has 8 nitrogen and oxygen atoms in total. The number of nitrogens with two attached hydrogens (primary N) is 1. The van der Waals surface area contributed by atoms with Crippen molar-refractivity contribution in [2.75, 3.05) is 33.0 Å². The number of nitrogens with zero attached hydrogens (tertiary/aromatic N) is 4. The molecule has 4 rings (SSSR count). The number of amides is 1. The third kappa shape index (κ3) is 3.43. The van der Waals surface area contributed by atoms with Gasteiger partial charge in [-0.1, -0.05) is 5.92 Å². The van der Waals surface area contributed by atoms with E-state index in [0.717, 1.165) is 11.4 Å². The molecule has 0 saturated carbocycles. The van der Waals surface area contributed by atoms with Crippen LogP contribution in [0.4, 0.5) is 5.82 Å². The van der Waals surface area contributed by atoms with E-state index < -0.39 is 0 Å². The van der Waals surface area contributed by atoms with E-state index in [1.54, 1.807) is 38.3 Å². The number of likely N-dealkylation sites (tertiary alicyclic amines) is 1. The Morgan fingerprint density at radius 2 is 1.86 bits per heavy atom. The van der Waals surface area contributed by atoms with Crippen LogP contribution in [0.25, 0.3) is 5.52 Å². The van der Waals surface area contributed by atoms with E-state index in [1.165, 1.54) is 0 Å². The van der Waals surface area contributed by atoms with Crippen LogP contribution in [0.15, 0.2) is 30.6 Å². The van der Waals surface area contributed by atoms with Crippen molar-refractivity contribution >= 4 is 17.2 Å². The van der Waals surface area contributed by atoms with E-state index in [0.29, 0.717) is 41.6 Å². The maximum Gasteiger partial charge on any atom is 0.219 e. The predicted molar refractivity (Wildman–Crippen MR) is 108 cm³/mol. The van der Waals surface area contributed by atoms with Gasteiger partial charge < -0.3 is 20.1 Å². The van der Waals surface area contributed by atoms with Crippen molar-refractivity contribution in [1.82, 2.24) is 19.3 Å². The average molecular weight is 391 g/mol. The second-order valence-electron chi connectivity index (χ2n) is 6.82. The molecule has 1 saturated heterocycles. The van der Waals surface area contributed by atoms with Gasteiger partial charge in [-0.15, -0.1) is 0 Å². The lowest BCUT2D eigenvalue weighted by atomic mass is 9.99. The summed E-state index contributed by atoms with van der Waals surface area (Å²) in [6.07, 6.45) is 3.46. The van der Waals surface area contributed by atoms with Gasteiger partial charge in [-0.05, 0) is 18.1 Å². The second kappa shape index (κ2) is 7.36. The molecular formula is C21H21N5O3. The van der Waals surface area contributed by atoms with Crippen LogP contribution in [0, 0.1) is 11.8 Å². The highest BCUT2D eigenvalue weighted by Gasteiger charge is 2.33. The van der Waals surface area contributed by atoms with Crippen molar-refractivity contribution in [2.45, 2.75) is 12.8 Å². The molecule has 1 fully saturated rings. The third-order valence-electron chi connectivity index (χ3n) is 4.98. The zero-order valence-electron chi connectivity index (χ0n) is 16.5. The van der Waals surface area contributed by atoms with Gasteiger partial charge in [-0.25, -0.2) is 9.97 Å². The van der Waals surface area contributed by atoms with Crippen molar-refractivity contribution in [3.63, 3.8) is 0 Å². The topological polar surface area (TPSA) is 95.0 Å². The highest BCUT2D eigenvalue weighted by atomic mass is 16.5. The summed E-state index contributed by atoms with van der Waals surface area (Å²) in [4.78, 5) is 22.2. The minimum atomic E-state index is 0.0651. The zero-order chi connectivity index (χ0) is 20.5. The van der Waals surface area contributed by atoms with Gasteiger partial charge in [0.05, 0.1) is 20.1 Å². The second-order valence-corrected chi connectivity index (χ2v) is 6.82. The number of hydrogen-bond acceptors (Lipinski definition) is 6. The van der Waals surface area contributed by atoms with Crippen LogP contribution in [0.1, 0.15) is 29.9 Å². The molecule has 3 heterocycles. The zero-order valence-corrected chi connectivity index (χ0v) is 16.5. The lowest BCUT2D eigenvalue weighted by Crippen LogP contribution is -2.48. The van der Waals surface area contributed by atoms with E-state index >= 15 is 0 Å². The van der Waals surface area contributed by atoms with Crippen molar-refractivity contribution < 1.29 is 14.3 Å². The highest BCUT2D eigenvalue weighted by Crippen LogP contribution is 2.29. The van der Waals surface area contributed by atoms with E-state index in [1.807, 2.05) is 22.7 Å². The maximum absolute atomic E-state index is 11.5. The summed E-state index contributed by atoms with van der Waals surface area (Å²) in [6, 6.07) is 5.44. The maximum atomic E-state index is 11.5. The number of methoxy groups -OCH3 is 2. The van der Waals surface area contributed by atoms with Crippen LogP contribution >= 0.6 is 0 Å². The van der Waals surface area contributed by atoms with Crippen molar-refractivity contribution in [3.8, 4) is 23.3 Å². The molecule has 2 aromatic heterocycles. The molecule has 0 atom stereocenters. The fourth-order valence-corrected chi connectivity index (χ4v) is 3.37. The average Bonchev–Trinajstić information content (AvgIpc) is 3.04. The Labute approximate surface area is 168 Å². The molecule has 3 aromatic rings. The van der Waals surface area contributed by atoms with Gasteiger partial charge in [0.25, 0.3) is 0 Å². The molecule has 148 valence electrons. The Balaban J connectivity index is 1.74. The number of aromatic nitrogens is 3.